The van der Waals surface area contributed by atoms with E-state index in [4.69, 9.17) is 16.3 Å². The molecule has 2 rings (SSSR count). The molecule has 0 radical (unpaired) electrons. The van der Waals surface area contributed by atoms with Crippen LogP contribution in [0.3, 0.4) is 0 Å². The molecule has 0 saturated carbocycles. The van der Waals surface area contributed by atoms with Gasteiger partial charge in [-0.05, 0) is 38.5 Å². The van der Waals surface area contributed by atoms with Crippen molar-refractivity contribution >= 4 is 11.6 Å². The number of ether oxygens (including phenoxy) is 1. The minimum Gasteiger partial charge on any atom is -0.485 e. The van der Waals surface area contributed by atoms with Crippen molar-refractivity contribution in [1.29, 1.82) is 0 Å². The molecule has 4 nitrogen and oxygen atoms in total. The number of halogens is 1. The highest BCUT2D eigenvalue weighted by atomic mass is 35.5. The van der Waals surface area contributed by atoms with Crippen LogP contribution in [0.2, 0.25) is 5.02 Å². The lowest BCUT2D eigenvalue weighted by Crippen LogP contribution is -2.36. The molecule has 0 aliphatic carbocycles. The number of aromatic nitrogens is 2. The van der Waals surface area contributed by atoms with Gasteiger partial charge >= 0.3 is 0 Å². The van der Waals surface area contributed by atoms with E-state index in [-0.39, 0.29) is 16.3 Å². The highest BCUT2D eigenvalue weighted by molar-refractivity contribution is 6.31. The van der Waals surface area contributed by atoms with Crippen LogP contribution >= 0.6 is 11.6 Å². The molecule has 0 N–H and O–H groups in total. The van der Waals surface area contributed by atoms with Crippen molar-refractivity contribution in [3.05, 3.63) is 57.0 Å². The van der Waals surface area contributed by atoms with E-state index in [0.717, 1.165) is 17.5 Å². The molecule has 0 bridgehead atoms. The Morgan fingerprint density at radius 1 is 1.25 bits per heavy atom. The van der Waals surface area contributed by atoms with Crippen LogP contribution in [0.4, 0.5) is 0 Å². The summed E-state index contributed by atoms with van der Waals surface area (Å²) >= 11 is 6.14. The largest absolute Gasteiger partial charge is 0.485 e. The molecule has 0 saturated heterocycles. The molecule has 1 aromatic heterocycles. The maximum Gasteiger partial charge on any atom is 0.289 e. The molecule has 2 aromatic rings. The SMILES string of the molecule is CCC#Cc1ccc(COc2cnn(C(C)(C)C)c(=O)c2Cl)cc1. The molecule has 0 amide bonds. The average molecular weight is 345 g/mol. The fourth-order valence-corrected chi connectivity index (χ4v) is 2.22. The van der Waals surface area contributed by atoms with E-state index < -0.39 is 5.54 Å². The van der Waals surface area contributed by atoms with Crippen molar-refractivity contribution < 1.29 is 4.74 Å². The van der Waals surface area contributed by atoms with Gasteiger partial charge in [0.2, 0.25) is 0 Å². The molecule has 0 spiro atoms. The van der Waals surface area contributed by atoms with E-state index in [0.29, 0.717) is 6.61 Å². The van der Waals surface area contributed by atoms with Crippen LogP contribution in [0.25, 0.3) is 0 Å². The molecular formula is C19H21ClN2O2. The Balaban J connectivity index is 2.12. The van der Waals surface area contributed by atoms with Gasteiger partial charge in [-0.1, -0.05) is 42.5 Å². The summed E-state index contributed by atoms with van der Waals surface area (Å²) in [5.41, 5.74) is 1.14. The lowest BCUT2D eigenvalue weighted by molar-refractivity contribution is 0.292. The number of rotatable bonds is 3. The molecular weight excluding hydrogens is 324 g/mol. The van der Waals surface area contributed by atoms with Crippen LogP contribution < -0.4 is 10.3 Å². The average Bonchev–Trinajstić information content (AvgIpc) is 2.54. The fraction of sp³-hybridized carbons (Fsp3) is 0.368. The third-order valence-electron chi connectivity index (χ3n) is 3.28. The van der Waals surface area contributed by atoms with E-state index >= 15 is 0 Å². The van der Waals surface area contributed by atoms with Gasteiger partial charge in [0.15, 0.2) is 10.8 Å². The lowest BCUT2D eigenvalue weighted by Gasteiger charge is -2.21. The van der Waals surface area contributed by atoms with E-state index in [2.05, 4.69) is 16.9 Å². The molecule has 0 aliphatic heterocycles. The molecule has 0 fully saturated rings. The van der Waals surface area contributed by atoms with Crippen molar-refractivity contribution in [2.75, 3.05) is 0 Å². The second-order valence-corrected chi connectivity index (χ2v) is 6.73. The molecule has 0 aliphatic rings. The second kappa shape index (κ2) is 7.55. The first-order chi connectivity index (χ1) is 11.3. The summed E-state index contributed by atoms with van der Waals surface area (Å²) in [5.74, 6) is 6.38. The summed E-state index contributed by atoms with van der Waals surface area (Å²) in [4.78, 5) is 12.3. The summed E-state index contributed by atoms with van der Waals surface area (Å²) in [6.07, 6.45) is 2.31. The van der Waals surface area contributed by atoms with Crippen LogP contribution in [-0.4, -0.2) is 9.78 Å². The van der Waals surface area contributed by atoms with Gasteiger partial charge in [-0.2, -0.15) is 5.10 Å². The molecule has 0 unspecified atom stereocenters. The van der Waals surface area contributed by atoms with Crippen molar-refractivity contribution in [2.24, 2.45) is 0 Å². The molecule has 1 heterocycles. The third-order valence-corrected chi connectivity index (χ3v) is 3.63. The summed E-state index contributed by atoms with van der Waals surface area (Å²) in [7, 11) is 0. The van der Waals surface area contributed by atoms with Gasteiger partial charge in [0.25, 0.3) is 5.56 Å². The molecule has 0 atom stereocenters. The van der Waals surface area contributed by atoms with Crippen LogP contribution in [0.5, 0.6) is 5.75 Å². The van der Waals surface area contributed by atoms with Gasteiger partial charge in [-0.25, -0.2) is 4.68 Å². The number of benzene rings is 1. The number of hydrogen-bond donors (Lipinski definition) is 0. The summed E-state index contributed by atoms with van der Waals surface area (Å²) < 4.78 is 7.00. The molecule has 24 heavy (non-hydrogen) atoms. The van der Waals surface area contributed by atoms with Gasteiger partial charge < -0.3 is 4.74 Å². The van der Waals surface area contributed by atoms with Gasteiger partial charge in [-0.15, -0.1) is 0 Å². The van der Waals surface area contributed by atoms with E-state index in [9.17, 15) is 4.79 Å². The Bertz CT molecular complexity index is 822. The van der Waals surface area contributed by atoms with Gasteiger partial charge in [0, 0.05) is 12.0 Å². The quantitative estimate of drug-likeness (QED) is 0.791. The highest BCUT2D eigenvalue weighted by Crippen LogP contribution is 2.21. The highest BCUT2D eigenvalue weighted by Gasteiger charge is 2.19. The summed E-state index contributed by atoms with van der Waals surface area (Å²) in [6, 6.07) is 7.77. The van der Waals surface area contributed by atoms with Crippen LogP contribution in [0, 0.1) is 11.8 Å². The molecule has 126 valence electrons. The Labute approximate surface area is 147 Å². The van der Waals surface area contributed by atoms with Gasteiger partial charge in [0.1, 0.15) is 6.61 Å². The standard InChI is InChI=1S/C19H21ClN2O2/c1-5-6-7-14-8-10-15(11-9-14)13-24-16-12-21-22(19(2,3)4)18(23)17(16)20/h8-12H,5,13H2,1-4H3. The van der Waals surface area contributed by atoms with Crippen molar-refractivity contribution in [3.63, 3.8) is 0 Å². The van der Waals surface area contributed by atoms with E-state index in [1.165, 1.54) is 10.9 Å². The fourth-order valence-electron chi connectivity index (χ4n) is 2.03. The Hall–Kier alpha value is -2.25. The predicted molar refractivity (Wildman–Crippen MR) is 96.4 cm³/mol. The maximum atomic E-state index is 12.3. The van der Waals surface area contributed by atoms with Crippen molar-refractivity contribution in [3.8, 4) is 17.6 Å². The van der Waals surface area contributed by atoms with E-state index in [1.54, 1.807) is 0 Å². The minimum atomic E-state index is -0.436. The number of nitrogens with zero attached hydrogens (tertiary/aromatic N) is 2. The Morgan fingerprint density at radius 3 is 2.50 bits per heavy atom. The number of hydrogen-bond acceptors (Lipinski definition) is 3. The minimum absolute atomic E-state index is 0.0466. The summed E-state index contributed by atoms with van der Waals surface area (Å²) in [6.45, 7) is 7.99. The first-order valence-corrected chi connectivity index (χ1v) is 8.19. The topological polar surface area (TPSA) is 44.1 Å². The Morgan fingerprint density at radius 2 is 1.92 bits per heavy atom. The van der Waals surface area contributed by atoms with Crippen LogP contribution in [-0.2, 0) is 12.1 Å². The monoisotopic (exact) mass is 344 g/mol. The first-order valence-electron chi connectivity index (χ1n) is 7.82. The van der Waals surface area contributed by atoms with E-state index in [1.807, 2.05) is 52.0 Å². The zero-order valence-corrected chi connectivity index (χ0v) is 15.1. The smallest absolute Gasteiger partial charge is 0.289 e. The first kappa shape index (κ1) is 18.1. The third kappa shape index (κ3) is 4.39. The van der Waals surface area contributed by atoms with Crippen molar-refractivity contribution in [2.45, 2.75) is 46.3 Å². The zero-order chi connectivity index (χ0) is 17.7. The maximum absolute atomic E-state index is 12.3. The van der Waals surface area contributed by atoms with Crippen LogP contribution in [0.1, 0.15) is 45.2 Å². The van der Waals surface area contributed by atoms with Gasteiger partial charge in [0.05, 0.1) is 11.7 Å². The molecule has 1 aromatic carbocycles. The predicted octanol–water partition coefficient (Wildman–Crippen LogP) is 3.99. The normalized spacial score (nSPS) is 10.9. The molecule has 5 heteroatoms. The Kier molecular flexibility index (Phi) is 5.69. The second-order valence-electron chi connectivity index (χ2n) is 6.35. The van der Waals surface area contributed by atoms with Crippen molar-refractivity contribution in [1.82, 2.24) is 9.78 Å². The van der Waals surface area contributed by atoms with Crippen LogP contribution in [0.15, 0.2) is 35.3 Å². The lowest BCUT2D eigenvalue weighted by atomic mass is 10.1. The van der Waals surface area contributed by atoms with Gasteiger partial charge in [-0.3, -0.25) is 4.79 Å². The zero-order valence-electron chi connectivity index (χ0n) is 14.4. The summed E-state index contributed by atoms with van der Waals surface area (Å²) in [5, 5.41) is 4.19.